The molecule has 0 aromatic carbocycles. The molecule has 0 aromatic rings. The minimum absolute atomic E-state index is 0.0230. The van der Waals surface area contributed by atoms with Crippen molar-refractivity contribution >= 4 is 5.97 Å². The number of alkyl halides is 2. The van der Waals surface area contributed by atoms with Gasteiger partial charge in [-0.2, -0.15) is 0 Å². The van der Waals surface area contributed by atoms with E-state index in [2.05, 4.69) is 0 Å². The maximum Gasteiger partial charge on any atom is 0.320 e. The van der Waals surface area contributed by atoms with Crippen LogP contribution < -0.4 is 0 Å². The first kappa shape index (κ1) is 12.7. The van der Waals surface area contributed by atoms with Gasteiger partial charge in [0.15, 0.2) is 0 Å². The fourth-order valence-electron chi connectivity index (χ4n) is 2.84. The molecular formula is C12H19F2NO2. The first-order chi connectivity index (χ1) is 7.59. The molecule has 2 rings (SSSR count). The van der Waals surface area contributed by atoms with E-state index in [1.807, 2.05) is 25.7 Å². The van der Waals surface area contributed by atoms with Gasteiger partial charge in [-0.3, -0.25) is 9.69 Å². The van der Waals surface area contributed by atoms with Gasteiger partial charge >= 0.3 is 5.97 Å². The van der Waals surface area contributed by atoms with Crippen LogP contribution in [0.5, 0.6) is 0 Å². The maximum absolute atomic E-state index is 12.8. The fraction of sp³-hybridized carbons (Fsp3) is 0.917. The molecule has 0 aromatic heterocycles. The molecular weight excluding hydrogens is 228 g/mol. The molecule has 98 valence electrons. The van der Waals surface area contributed by atoms with E-state index in [-0.39, 0.29) is 30.8 Å². The quantitative estimate of drug-likeness (QED) is 0.699. The molecule has 1 aliphatic carbocycles. The summed E-state index contributed by atoms with van der Waals surface area (Å²) in [7, 11) is 0. The molecule has 2 aliphatic rings. The van der Waals surface area contributed by atoms with Crippen molar-refractivity contribution in [2.75, 3.05) is 19.6 Å². The molecule has 0 amide bonds. The summed E-state index contributed by atoms with van der Waals surface area (Å²) in [5, 5.41) is 0. The van der Waals surface area contributed by atoms with Crippen LogP contribution in [0.3, 0.4) is 0 Å². The Bertz CT molecular complexity index is 320. The zero-order valence-corrected chi connectivity index (χ0v) is 10.6. The summed E-state index contributed by atoms with van der Waals surface area (Å²) in [6.07, 6.45) is -0.0460. The largest absolute Gasteiger partial charge is 0.459 e. The topological polar surface area (TPSA) is 29.5 Å². The zero-order valence-electron chi connectivity index (χ0n) is 10.6. The Morgan fingerprint density at radius 3 is 2.24 bits per heavy atom. The Balaban J connectivity index is 1.70. The molecule has 1 saturated carbocycles. The zero-order chi connectivity index (χ0) is 12.9. The van der Waals surface area contributed by atoms with Gasteiger partial charge in [0.05, 0.1) is 6.54 Å². The molecule has 0 N–H and O–H groups in total. The fourth-order valence-corrected chi connectivity index (χ4v) is 2.84. The molecule has 2 fully saturated rings. The van der Waals surface area contributed by atoms with Crippen molar-refractivity contribution in [3.05, 3.63) is 0 Å². The second kappa shape index (κ2) is 3.64. The van der Waals surface area contributed by atoms with Crippen molar-refractivity contribution in [2.45, 2.75) is 45.1 Å². The summed E-state index contributed by atoms with van der Waals surface area (Å²) in [5.41, 5.74) is -0.700. The summed E-state index contributed by atoms with van der Waals surface area (Å²) in [4.78, 5) is 13.4. The second-order valence-corrected chi connectivity index (χ2v) is 6.44. The Kier molecular flexibility index (Phi) is 2.73. The van der Waals surface area contributed by atoms with Crippen molar-refractivity contribution in [3.8, 4) is 0 Å². The van der Waals surface area contributed by atoms with E-state index in [4.69, 9.17) is 4.74 Å². The molecule has 1 saturated heterocycles. The molecule has 1 heterocycles. The molecule has 0 atom stereocenters. The third-order valence-electron chi connectivity index (χ3n) is 3.16. The number of nitrogens with zero attached hydrogens (tertiary/aromatic N) is 1. The summed E-state index contributed by atoms with van der Waals surface area (Å²) >= 11 is 0. The van der Waals surface area contributed by atoms with Crippen molar-refractivity contribution in [1.29, 1.82) is 0 Å². The van der Waals surface area contributed by atoms with Gasteiger partial charge < -0.3 is 4.74 Å². The number of carbonyl (C=O) groups is 1. The van der Waals surface area contributed by atoms with E-state index in [0.717, 1.165) is 0 Å². The van der Waals surface area contributed by atoms with E-state index >= 15 is 0 Å². The lowest BCUT2D eigenvalue weighted by Gasteiger charge is -2.58. The van der Waals surface area contributed by atoms with Gasteiger partial charge in [0.25, 0.3) is 0 Å². The third-order valence-corrected chi connectivity index (χ3v) is 3.16. The lowest BCUT2D eigenvalue weighted by Crippen LogP contribution is -2.66. The number of ether oxygens (including phenoxy) is 1. The maximum atomic E-state index is 12.8. The number of carbonyl (C=O) groups excluding carboxylic acids is 1. The van der Waals surface area contributed by atoms with Crippen LogP contribution in [0, 0.1) is 5.41 Å². The minimum atomic E-state index is -2.47. The summed E-state index contributed by atoms with van der Waals surface area (Å²) in [6.45, 7) is 6.85. The summed E-state index contributed by atoms with van der Waals surface area (Å²) in [5.74, 6) is -2.75. The molecule has 17 heavy (non-hydrogen) atoms. The number of hydrogen-bond acceptors (Lipinski definition) is 3. The van der Waals surface area contributed by atoms with E-state index in [1.54, 1.807) is 0 Å². The van der Waals surface area contributed by atoms with Crippen LogP contribution in [0.25, 0.3) is 0 Å². The Morgan fingerprint density at radius 1 is 1.29 bits per heavy atom. The lowest BCUT2D eigenvalue weighted by atomic mass is 9.61. The molecule has 0 unspecified atom stereocenters. The summed E-state index contributed by atoms with van der Waals surface area (Å²) in [6, 6.07) is 0. The summed E-state index contributed by atoms with van der Waals surface area (Å²) < 4.78 is 30.7. The van der Waals surface area contributed by atoms with E-state index in [9.17, 15) is 13.6 Å². The van der Waals surface area contributed by atoms with Crippen LogP contribution in [-0.2, 0) is 9.53 Å². The first-order valence-corrected chi connectivity index (χ1v) is 5.91. The van der Waals surface area contributed by atoms with Crippen LogP contribution in [-0.4, -0.2) is 42.0 Å². The molecule has 1 spiro atoms. The predicted octanol–water partition coefficient (Wildman–Crippen LogP) is 2.06. The van der Waals surface area contributed by atoms with Crippen molar-refractivity contribution in [2.24, 2.45) is 5.41 Å². The highest BCUT2D eigenvalue weighted by molar-refractivity contribution is 5.72. The highest BCUT2D eigenvalue weighted by atomic mass is 19.3. The first-order valence-electron chi connectivity index (χ1n) is 5.91. The molecule has 1 aliphatic heterocycles. The van der Waals surface area contributed by atoms with Crippen molar-refractivity contribution in [1.82, 2.24) is 4.90 Å². The van der Waals surface area contributed by atoms with Crippen molar-refractivity contribution < 1.29 is 18.3 Å². The number of likely N-dealkylation sites (tertiary alicyclic amines) is 1. The molecule has 3 nitrogen and oxygen atoms in total. The Morgan fingerprint density at radius 2 is 1.82 bits per heavy atom. The standard InChI is InChI=1S/C12H19F2NO2/c1-10(2,3)17-9(16)4-15-7-11(8-15)5-12(13,14)6-11/h4-8H2,1-3H3. The van der Waals surface area contributed by atoms with E-state index < -0.39 is 11.5 Å². The normalized spacial score (nSPS) is 26.2. The second-order valence-electron chi connectivity index (χ2n) is 6.44. The average Bonchev–Trinajstić information content (AvgIpc) is 1.92. The smallest absolute Gasteiger partial charge is 0.320 e. The number of halogens is 2. The van der Waals surface area contributed by atoms with Gasteiger partial charge in [0.1, 0.15) is 5.60 Å². The van der Waals surface area contributed by atoms with Gasteiger partial charge in [-0.1, -0.05) is 0 Å². The minimum Gasteiger partial charge on any atom is -0.459 e. The van der Waals surface area contributed by atoms with E-state index in [0.29, 0.717) is 13.1 Å². The highest BCUT2D eigenvalue weighted by Gasteiger charge is 2.61. The highest BCUT2D eigenvalue weighted by Crippen LogP contribution is 2.56. The SMILES string of the molecule is CC(C)(C)OC(=O)CN1CC2(C1)CC(F)(F)C2. The van der Waals surface area contributed by atoms with Crippen molar-refractivity contribution in [3.63, 3.8) is 0 Å². The van der Waals surface area contributed by atoms with Crippen LogP contribution >= 0.6 is 0 Å². The van der Waals surface area contributed by atoms with Crippen LogP contribution in [0.1, 0.15) is 33.6 Å². The molecule has 0 radical (unpaired) electrons. The Hall–Kier alpha value is -0.710. The van der Waals surface area contributed by atoms with Crippen LogP contribution in [0.15, 0.2) is 0 Å². The van der Waals surface area contributed by atoms with Gasteiger partial charge in [-0.05, 0) is 20.8 Å². The monoisotopic (exact) mass is 247 g/mol. The average molecular weight is 247 g/mol. The van der Waals surface area contributed by atoms with Crippen LogP contribution in [0.4, 0.5) is 8.78 Å². The Labute approximate surface area is 100 Å². The van der Waals surface area contributed by atoms with E-state index in [1.165, 1.54) is 0 Å². The third kappa shape index (κ3) is 2.94. The predicted molar refractivity (Wildman–Crippen MR) is 58.9 cm³/mol. The van der Waals surface area contributed by atoms with Gasteiger partial charge in [0.2, 0.25) is 5.92 Å². The molecule has 0 bridgehead atoms. The lowest BCUT2D eigenvalue weighted by molar-refractivity contribution is -0.215. The van der Waals surface area contributed by atoms with Gasteiger partial charge in [0, 0.05) is 31.3 Å². The number of rotatable bonds is 2. The number of esters is 1. The van der Waals surface area contributed by atoms with Crippen LogP contribution in [0.2, 0.25) is 0 Å². The molecule has 5 heteroatoms. The number of hydrogen-bond donors (Lipinski definition) is 0. The van der Waals surface area contributed by atoms with Gasteiger partial charge in [-0.25, -0.2) is 8.78 Å². The van der Waals surface area contributed by atoms with Gasteiger partial charge in [-0.15, -0.1) is 0 Å².